The average molecular weight is 269 g/mol. The third-order valence-electron chi connectivity index (χ3n) is 4.25. The van der Waals surface area contributed by atoms with E-state index in [9.17, 15) is 4.39 Å². The molecule has 0 aromatic heterocycles. The lowest BCUT2D eigenvalue weighted by molar-refractivity contribution is 0.339. The van der Waals surface area contributed by atoms with Crippen LogP contribution in [0, 0.1) is 23.6 Å². The highest BCUT2D eigenvalue weighted by atomic mass is 35.5. The summed E-state index contributed by atoms with van der Waals surface area (Å²) in [5, 5.41) is 3.66. The molecule has 4 heteroatoms. The SMILES string of the molecule is CN1CC2C(CNCc3ccc(F)c(Cl)c3)C2C1. The van der Waals surface area contributed by atoms with Gasteiger partial charge in [-0.05, 0) is 49.0 Å². The number of halogens is 2. The summed E-state index contributed by atoms with van der Waals surface area (Å²) in [5.41, 5.74) is 1.05. The summed E-state index contributed by atoms with van der Waals surface area (Å²) < 4.78 is 13.0. The number of hydrogen-bond acceptors (Lipinski definition) is 2. The first-order chi connectivity index (χ1) is 8.65. The molecule has 1 aromatic carbocycles. The van der Waals surface area contributed by atoms with E-state index in [0.717, 1.165) is 36.4 Å². The Labute approximate surface area is 112 Å². The van der Waals surface area contributed by atoms with E-state index >= 15 is 0 Å². The fraction of sp³-hybridized carbons (Fsp3) is 0.571. The lowest BCUT2D eigenvalue weighted by Gasteiger charge is -2.13. The summed E-state index contributed by atoms with van der Waals surface area (Å²) in [4.78, 5) is 2.41. The Kier molecular flexibility index (Phi) is 3.31. The van der Waals surface area contributed by atoms with Crippen molar-refractivity contribution in [2.75, 3.05) is 26.7 Å². The maximum atomic E-state index is 13.0. The van der Waals surface area contributed by atoms with Crippen LogP contribution in [0.5, 0.6) is 0 Å². The molecule has 1 aromatic rings. The van der Waals surface area contributed by atoms with Crippen molar-refractivity contribution in [3.63, 3.8) is 0 Å². The van der Waals surface area contributed by atoms with Crippen LogP contribution in [-0.4, -0.2) is 31.6 Å². The highest BCUT2D eigenvalue weighted by Gasteiger charge is 2.53. The molecule has 1 saturated heterocycles. The Hall–Kier alpha value is -0.640. The van der Waals surface area contributed by atoms with Crippen molar-refractivity contribution in [3.8, 4) is 0 Å². The molecule has 0 spiro atoms. The molecule has 1 aliphatic carbocycles. The van der Waals surface area contributed by atoms with Crippen LogP contribution >= 0.6 is 11.6 Å². The zero-order valence-corrected chi connectivity index (χ0v) is 11.3. The number of benzene rings is 1. The second kappa shape index (κ2) is 4.80. The van der Waals surface area contributed by atoms with Gasteiger partial charge in [-0.1, -0.05) is 17.7 Å². The molecular weight excluding hydrogens is 251 g/mol. The molecule has 0 bridgehead atoms. The van der Waals surface area contributed by atoms with Gasteiger partial charge < -0.3 is 10.2 Å². The molecular formula is C14H18ClFN2. The van der Waals surface area contributed by atoms with Gasteiger partial charge in [0.2, 0.25) is 0 Å². The molecule has 1 N–H and O–H groups in total. The van der Waals surface area contributed by atoms with Crippen LogP contribution in [0.1, 0.15) is 5.56 Å². The van der Waals surface area contributed by atoms with E-state index in [4.69, 9.17) is 11.6 Å². The summed E-state index contributed by atoms with van der Waals surface area (Å²) in [6, 6.07) is 4.92. The van der Waals surface area contributed by atoms with Gasteiger partial charge in [0, 0.05) is 19.6 Å². The van der Waals surface area contributed by atoms with Crippen molar-refractivity contribution in [3.05, 3.63) is 34.6 Å². The molecule has 3 rings (SSSR count). The van der Waals surface area contributed by atoms with E-state index in [2.05, 4.69) is 17.3 Å². The van der Waals surface area contributed by atoms with Gasteiger partial charge in [-0.3, -0.25) is 0 Å². The van der Waals surface area contributed by atoms with E-state index in [-0.39, 0.29) is 10.8 Å². The largest absolute Gasteiger partial charge is 0.312 e. The summed E-state index contributed by atoms with van der Waals surface area (Å²) in [6.07, 6.45) is 0. The molecule has 2 unspecified atom stereocenters. The summed E-state index contributed by atoms with van der Waals surface area (Å²) in [6.45, 7) is 4.34. The van der Waals surface area contributed by atoms with Crippen LogP contribution in [0.4, 0.5) is 4.39 Å². The number of likely N-dealkylation sites (tertiary alicyclic amines) is 1. The Morgan fingerprint density at radius 3 is 2.78 bits per heavy atom. The van der Waals surface area contributed by atoms with Crippen LogP contribution in [-0.2, 0) is 6.54 Å². The predicted octanol–water partition coefficient (Wildman–Crippen LogP) is 2.38. The number of piperidine rings is 1. The maximum Gasteiger partial charge on any atom is 0.141 e. The topological polar surface area (TPSA) is 15.3 Å². The van der Waals surface area contributed by atoms with Gasteiger partial charge in [-0.15, -0.1) is 0 Å². The molecule has 0 amide bonds. The van der Waals surface area contributed by atoms with Crippen LogP contribution in [0.15, 0.2) is 18.2 Å². The lowest BCUT2D eigenvalue weighted by Crippen LogP contribution is -2.24. The zero-order valence-electron chi connectivity index (χ0n) is 10.5. The van der Waals surface area contributed by atoms with Gasteiger partial charge in [-0.25, -0.2) is 4.39 Å². The number of nitrogens with zero attached hydrogens (tertiary/aromatic N) is 1. The fourth-order valence-electron chi connectivity index (χ4n) is 3.20. The minimum atomic E-state index is -0.347. The van der Waals surface area contributed by atoms with E-state index in [1.165, 1.54) is 19.2 Å². The van der Waals surface area contributed by atoms with Gasteiger partial charge in [0.05, 0.1) is 5.02 Å². The van der Waals surface area contributed by atoms with Crippen LogP contribution in [0.2, 0.25) is 5.02 Å². The first-order valence-corrected chi connectivity index (χ1v) is 6.86. The Bertz CT molecular complexity index is 439. The standard InChI is InChI=1S/C14H18ClFN2/c1-18-7-11-10(12(11)8-18)6-17-5-9-2-3-14(16)13(15)4-9/h2-4,10-12,17H,5-8H2,1H3. The summed E-state index contributed by atoms with van der Waals surface area (Å²) in [5.74, 6) is 2.30. The van der Waals surface area contributed by atoms with Crippen molar-refractivity contribution in [2.45, 2.75) is 6.54 Å². The van der Waals surface area contributed by atoms with Gasteiger partial charge in [-0.2, -0.15) is 0 Å². The first kappa shape index (κ1) is 12.4. The van der Waals surface area contributed by atoms with Crippen LogP contribution < -0.4 is 5.32 Å². The minimum absolute atomic E-state index is 0.208. The third-order valence-corrected chi connectivity index (χ3v) is 4.54. The Morgan fingerprint density at radius 2 is 2.11 bits per heavy atom. The molecule has 18 heavy (non-hydrogen) atoms. The van der Waals surface area contributed by atoms with Crippen molar-refractivity contribution in [1.29, 1.82) is 0 Å². The van der Waals surface area contributed by atoms with E-state index in [0.29, 0.717) is 0 Å². The van der Waals surface area contributed by atoms with E-state index in [1.54, 1.807) is 12.1 Å². The van der Waals surface area contributed by atoms with Crippen molar-refractivity contribution < 1.29 is 4.39 Å². The van der Waals surface area contributed by atoms with Gasteiger partial charge in [0.15, 0.2) is 0 Å². The lowest BCUT2D eigenvalue weighted by atomic mass is 10.2. The number of fused-ring (bicyclic) bond motifs is 1. The van der Waals surface area contributed by atoms with Crippen LogP contribution in [0.25, 0.3) is 0 Å². The monoisotopic (exact) mass is 268 g/mol. The highest BCUT2D eigenvalue weighted by molar-refractivity contribution is 6.30. The number of nitrogens with one attached hydrogen (secondary N) is 1. The predicted molar refractivity (Wildman–Crippen MR) is 71.1 cm³/mol. The van der Waals surface area contributed by atoms with Crippen molar-refractivity contribution in [1.82, 2.24) is 10.2 Å². The van der Waals surface area contributed by atoms with Gasteiger partial charge in [0.1, 0.15) is 5.82 Å². The number of hydrogen-bond donors (Lipinski definition) is 1. The smallest absolute Gasteiger partial charge is 0.141 e. The minimum Gasteiger partial charge on any atom is -0.312 e. The number of rotatable bonds is 4. The first-order valence-electron chi connectivity index (χ1n) is 6.48. The molecule has 2 aliphatic rings. The van der Waals surface area contributed by atoms with Crippen molar-refractivity contribution in [2.24, 2.45) is 17.8 Å². The Balaban J connectivity index is 1.44. The quantitative estimate of drug-likeness (QED) is 0.902. The maximum absolute atomic E-state index is 13.0. The molecule has 1 saturated carbocycles. The molecule has 2 nitrogen and oxygen atoms in total. The summed E-state index contributed by atoms with van der Waals surface area (Å²) in [7, 11) is 2.19. The fourth-order valence-corrected chi connectivity index (χ4v) is 3.40. The molecule has 1 aliphatic heterocycles. The normalized spacial score (nSPS) is 30.5. The molecule has 98 valence electrons. The zero-order chi connectivity index (χ0) is 12.7. The second-order valence-corrected chi connectivity index (χ2v) is 6.00. The molecule has 2 fully saturated rings. The van der Waals surface area contributed by atoms with E-state index < -0.39 is 0 Å². The van der Waals surface area contributed by atoms with Crippen molar-refractivity contribution >= 4 is 11.6 Å². The van der Waals surface area contributed by atoms with Crippen LogP contribution in [0.3, 0.4) is 0 Å². The average Bonchev–Trinajstić information content (AvgIpc) is 2.80. The second-order valence-electron chi connectivity index (χ2n) is 5.59. The molecule has 2 atom stereocenters. The molecule has 1 heterocycles. The third kappa shape index (κ3) is 2.40. The van der Waals surface area contributed by atoms with Gasteiger partial charge >= 0.3 is 0 Å². The Morgan fingerprint density at radius 1 is 1.39 bits per heavy atom. The van der Waals surface area contributed by atoms with Gasteiger partial charge in [0.25, 0.3) is 0 Å². The summed E-state index contributed by atoms with van der Waals surface area (Å²) >= 11 is 5.75. The molecule has 0 radical (unpaired) electrons. The highest BCUT2D eigenvalue weighted by Crippen LogP contribution is 2.50. The van der Waals surface area contributed by atoms with E-state index in [1.807, 2.05) is 0 Å².